The number of hydrogen-bond acceptors (Lipinski definition) is 1. The highest BCUT2D eigenvalue weighted by Crippen LogP contribution is 2.31. The molecule has 1 saturated carbocycles. The molecule has 0 spiro atoms. The molecule has 0 bridgehead atoms. The van der Waals surface area contributed by atoms with Gasteiger partial charge in [-0.2, -0.15) is 0 Å². The number of carbonyl (C=O) groups is 1. The Bertz CT molecular complexity index is 888. The summed E-state index contributed by atoms with van der Waals surface area (Å²) in [5, 5.41) is 1.82. The van der Waals surface area contributed by atoms with Gasteiger partial charge in [-0.05, 0) is 36.6 Å². The number of hydrogen-bond donors (Lipinski definition) is 0. The first-order chi connectivity index (χ1) is 12.2. The Morgan fingerprint density at radius 1 is 1.00 bits per heavy atom. The van der Waals surface area contributed by atoms with Gasteiger partial charge in [0.1, 0.15) is 0 Å². The third kappa shape index (κ3) is 3.36. The van der Waals surface area contributed by atoms with Gasteiger partial charge in [0.25, 0.3) is 0 Å². The Morgan fingerprint density at radius 2 is 1.72 bits per heavy atom. The summed E-state index contributed by atoms with van der Waals surface area (Å²) < 4.78 is 2.19. The number of nitrogens with zero attached hydrogens (tertiary/aromatic N) is 1. The lowest BCUT2D eigenvalue weighted by Crippen LogP contribution is -2.17. The molecule has 3 heteroatoms. The van der Waals surface area contributed by atoms with Crippen LogP contribution in [0.25, 0.3) is 10.9 Å². The molecule has 3 aromatic rings. The fourth-order valence-electron chi connectivity index (χ4n) is 3.95. The van der Waals surface area contributed by atoms with Crippen LogP contribution < -0.4 is 0 Å². The van der Waals surface area contributed by atoms with Crippen molar-refractivity contribution in [2.75, 3.05) is 0 Å². The van der Waals surface area contributed by atoms with Crippen molar-refractivity contribution in [3.8, 4) is 0 Å². The van der Waals surface area contributed by atoms with Crippen LogP contribution in [-0.2, 0) is 6.54 Å². The molecule has 0 unspecified atom stereocenters. The van der Waals surface area contributed by atoms with Gasteiger partial charge in [-0.3, -0.25) is 4.79 Å². The summed E-state index contributed by atoms with van der Waals surface area (Å²) in [5.41, 5.74) is 3.19. The molecule has 2 aromatic carbocycles. The van der Waals surface area contributed by atoms with E-state index in [2.05, 4.69) is 22.9 Å². The van der Waals surface area contributed by atoms with Crippen molar-refractivity contribution < 1.29 is 4.79 Å². The van der Waals surface area contributed by atoms with Crippen molar-refractivity contribution in [2.45, 2.75) is 38.6 Å². The molecule has 1 aliphatic rings. The Labute approximate surface area is 153 Å². The molecule has 4 rings (SSSR count). The molecule has 1 fully saturated rings. The molecule has 0 aliphatic heterocycles. The molecular formula is C22H22ClNO. The molecular weight excluding hydrogens is 330 g/mol. The number of carbonyl (C=O) groups excluding carboxylic acids is 1. The number of rotatable bonds is 4. The largest absolute Gasteiger partial charge is 0.342 e. The van der Waals surface area contributed by atoms with Crippen LogP contribution in [0.3, 0.4) is 0 Å². The molecule has 0 N–H and O–H groups in total. The fourth-order valence-corrected chi connectivity index (χ4v) is 4.07. The third-order valence-corrected chi connectivity index (χ3v) is 5.55. The van der Waals surface area contributed by atoms with Gasteiger partial charge in [-0.25, -0.2) is 0 Å². The molecule has 25 heavy (non-hydrogen) atoms. The predicted octanol–water partition coefficient (Wildman–Crippen LogP) is 6.11. The van der Waals surface area contributed by atoms with Gasteiger partial charge in [-0.1, -0.05) is 61.2 Å². The maximum Gasteiger partial charge on any atom is 0.168 e. The summed E-state index contributed by atoms with van der Waals surface area (Å²) >= 11 is 5.99. The van der Waals surface area contributed by atoms with Crippen LogP contribution in [0.5, 0.6) is 0 Å². The number of halogens is 1. The zero-order valence-electron chi connectivity index (χ0n) is 14.2. The van der Waals surface area contributed by atoms with Gasteiger partial charge >= 0.3 is 0 Å². The standard InChI is InChI=1S/C22H22ClNO/c23-18-12-10-16(11-13-18)14-24-15-20(19-8-4-5-9-21(19)24)22(25)17-6-2-1-3-7-17/h4-5,8-13,15,17H,1-3,6-7,14H2. The van der Waals surface area contributed by atoms with Crippen LogP contribution in [0.2, 0.25) is 5.02 Å². The number of Topliss-reactive ketones (excluding diaryl/α,β-unsaturated/α-hetero) is 1. The van der Waals surface area contributed by atoms with Crippen molar-refractivity contribution in [3.63, 3.8) is 0 Å². The molecule has 1 aliphatic carbocycles. The van der Waals surface area contributed by atoms with Crippen LogP contribution >= 0.6 is 11.6 Å². The van der Waals surface area contributed by atoms with E-state index in [0.29, 0.717) is 5.78 Å². The van der Waals surface area contributed by atoms with Crippen molar-refractivity contribution >= 4 is 28.3 Å². The van der Waals surface area contributed by atoms with E-state index in [1.165, 1.54) is 24.8 Å². The lowest BCUT2D eigenvalue weighted by Gasteiger charge is -2.19. The summed E-state index contributed by atoms with van der Waals surface area (Å²) in [5.74, 6) is 0.522. The zero-order chi connectivity index (χ0) is 17.2. The molecule has 1 heterocycles. The predicted molar refractivity (Wildman–Crippen MR) is 103 cm³/mol. The second kappa shape index (κ2) is 7.05. The smallest absolute Gasteiger partial charge is 0.168 e. The second-order valence-electron chi connectivity index (χ2n) is 7.01. The number of para-hydroxylation sites is 1. The average Bonchev–Trinajstić information content (AvgIpc) is 3.02. The first-order valence-electron chi connectivity index (χ1n) is 9.09. The minimum Gasteiger partial charge on any atom is -0.342 e. The Kier molecular flexibility index (Phi) is 4.63. The van der Waals surface area contributed by atoms with Crippen molar-refractivity contribution in [2.24, 2.45) is 5.92 Å². The van der Waals surface area contributed by atoms with Gasteiger partial charge in [0.15, 0.2) is 5.78 Å². The first-order valence-corrected chi connectivity index (χ1v) is 9.47. The minimum absolute atomic E-state index is 0.198. The van der Waals surface area contributed by atoms with Crippen molar-refractivity contribution in [1.82, 2.24) is 4.57 Å². The average molecular weight is 352 g/mol. The van der Waals surface area contributed by atoms with Crippen LogP contribution in [-0.4, -0.2) is 10.4 Å². The van der Waals surface area contributed by atoms with Gasteiger partial charge in [-0.15, -0.1) is 0 Å². The summed E-state index contributed by atoms with van der Waals surface area (Å²) in [6.45, 7) is 0.746. The van der Waals surface area contributed by atoms with E-state index in [1.807, 2.05) is 36.4 Å². The van der Waals surface area contributed by atoms with Crippen LogP contribution in [0.4, 0.5) is 0 Å². The SMILES string of the molecule is O=C(c1cn(Cc2ccc(Cl)cc2)c2ccccc12)C1CCCCC1. The number of aromatic nitrogens is 1. The molecule has 2 nitrogen and oxygen atoms in total. The minimum atomic E-state index is 0.198. The highest BCUT2D eigenvalue weighted by atomic mass is 35.5. The zero-order valence-corrected chi connectivity index (χ0v) is 15.0. The molecule has 0 atom stereocenters. The summed E-state index contributed by atoms with van der Waals surface area (Å²) in [4.78, 5) is 13.1. The van der Waals surface area contributed by atoms with Crippen molar-refractivity contribution in [1.29, 1.82) is 0 Å². The molecule has 1 aromatic heterocycles. The van der Waals surface area contributed by atoms with Gasteiger partial charge in [0, 0.05) is 40.1 Å². The lowest BCUT2D eigenvalue weighted by molar-refractivity contribution is 0.0891. The van der Waals surface area contributed by atoms with E-state index < -0.39 is 0 Å². The van der Waals surface area contributed by atoms with Gasteiger partial charge in [0.2, 0.25) is 0 Å². The Hall–Kier alpha value is -2.06. The van der Waals surface area contributed by atoms with E-state index in [0.717, 1.165) is 40.9 Å². The Morgan fingerprint density at radius 3 is 2.48 bits per heavy atom. The van der Waals surface area contributed by atoms with Gasteiger partial charge < -0.3 is 4.57 Å². The van der Waals surface area contributed by atoms with E-state index in [-0.39, 0.29) is 5.92 Å². The van der Waals surface area contributed by atoms with E-state index in [4.69, 9.17) is 11.6 Å². The number of benzene rings is 2. The normalized spacial score (nSPS) is 15.6. The topological polar surface area (TPSA) is 22.0 Å². The van der Waals surface area contributed by atoms with Crippen LogP contribution in [0.1, 0.15) is 48.0 Å². The molecule has 0 amide bonds. The number of fused-ring (bicyclic) bond motifs is 1. The summed E-state index contributed by atoms with van der Waals surface area (Å²) in [7, 11) is 0. The van der Waals surface area contributed by atoms with Crippen LogP contribution in [0, 0.1) is 5.92 Å². The maximum atomic E-state index is 13.1. The quantitative estimate of drug-likeness (QED) is 0.520. The molecule has 128 valence electrons. The van der Waals surface area contributed by atoms with Crippen LogP contribution in [0.15, 0.2) is 54.7 Å². The summed E-state index contributed by atoms with van der Waals surface area (Å²) in [6, 6.07) is 16.1. The van der Waals surface area contributed by atoms with Gasteiger partial charge in [0.05, 0.1) is 0 Å². The molecule has 0 radical (unpaired) electrons. The maximum absolute atomic E-state index is 13.1. The summed E-state index contributed by atoms with van der Waals surface area (Å²) in [6.07, 6.45) is 7.75. The fraction of sp³-hybridized carbons (Fsp3) is 0.318. The van der Waals surface area contributed by atoms with E-state index in [9.17, 15) is 4.79 Å². The molecule has 0 saturated heterocycles. The first kappa shape index (κ1) is 16.4. The highest BCUT2D eigenvalue weighted by Gasteiger charge is 2.25. The highest BCUT2D eigenvalue weighted by molar-refractivity contribution is 6.30. The number of ketones is 1. The lowest BCUT2D eigenvalue weighted by atomic mass is 9.84. The van der Waals surface area contributed by atoms with Crippen molar-refractivity contribution in [3.05, 3.63) is 70.9 Å². The monoisotopic (exact) mass is 351 g/mol. The van der Waals surface area contributed by atoms with E-state index >= 15 is 0 Å². The van der Waals surface area contributed by atoms with E-state index in [1.54, 1.807) is 0 Å². The second-order valence-corrected chi connectivity index (χ2v) is 7.45. The Balaban J connectivity index is 1.70. The third-order valence-electron chi connectivity index (χ3n) is 5.30.